The lowest BCUT2D eigenvalue weighted by Crippen LogP contribution is -2.42. The van der Waals surface area contributed by atoms with Crippen molar-refractivity contribution in [3.8, 4) is 33.6 Å². The Kier molecular flexibility index (Phi) is 12.8. The van der Waals surface area contributed by atoms with Crippen LogP contribution in [0.2, 0.25) is 0 Å². The zero-order valence-electron chi connectivity index (χ0n) is 35.5. The van der Waals surface area contributed by atoms with Gasteiger partial charge in [-0.1, -0.05) is 76.2 Å². The molecule has 8 rings (SSSR count). The van der Waals surface area contributed by atoms with E-state index < -0.39 is 0 Å². The van der Waals surface area contributed by atoms with Crippen LogP contribution < -0.4 is 0 Å². The Morgan fingerprint density at radius 2 is 0.879 bits per heavy atom. The fraction of sp³-hybridized carbons (Fsp3) is 0.583. The van der Waals surface area contributed by atoms with Crippen LogP contribution in [-0.2, 0) is 9.59 Å². The normalized spacial score (nSPS) is 25.3. The highest BCUT2D eigenvalue weighted by Crippen LogP contribution is 2.38. The molecule has 0 bridgehead atoms. The van der Waals surface area contributed by atoms with Crippen molar-refractivity contribution in [2.75, 3.05) is 39.3 Å². The predicted octanol–water partition coefficient (Wildman–Crippen LogP) is 9.26. The van der Waals surface area contributed by atoms with E-state index in [0.29, 0.717) is 23.9 Å². The van der Waals surface area contributed by atoms with E-state index in [1.807, 2.05) is 12.4 Å². The Morgan fingerprint density at radius 1 is 0.534 bits per heavy atom. The molecule has 0 spiro atoms. The van der Waals surface area contributed by atoms with Crippen molar-refractivity contribution < 1.29 is 9.59 Å². The van der Waals surface area contributed by atoms with Gasteiger partial charge in [-0.05, 0) is 125 Å². The molecular formula is C48H66N8O2. The second-order valence-electron chi connectivity index (χ2n) is 17.4. The standard InChI is InChI=1S/C48H66N8O2/c1-5-53(6-2)39-25-21-37(22-26-39)47(57)55-29-9-11-43(55)45-49-31-41(51-45)35-17-13-33(14-18-35)34-15-19-36(20-16-34)42-32-50-46(52-42)44-12-10-30-56(44)48(58)38-23-27-40(28-24-38)54(7-3)8-4/h13-20,31-32,37-40,43-44H,5-12,21-30H2,1-4H3,(H,49,51)(H,50,52)/t37?,38?,39?,40?,43-,44-/m0/s1. The molecule has 310 valence electrons. The molecule has 2 amide bonds. The van der Waals surface area contributed by atoms with Crippen LogP contribution in [0.4, 0.5) is 0 Å². The van der Waals surface area contributed by atoms with Gasteiger partial charge in [0.2, 0.25) is 11.8 Å². The van der Waals surface area contributed by atoms with Gasteiger partial charge in [-0.2, -0.15) is 0 Å². The molecule has 10 nitrogen and oxygen atoms in total. The molecule has 4 aliphatic rings. The molecule has 2 saturated heterocycles. The summed E-state index contributed by atoms with van der Waals surface area (Å²) in [6, 6.07) is 18.6. The number of hydrogen-bond donors (Lipinski definition) is 2. The van der Waals surface area contributed by atoms with Crippen LogP contribution in [0.15, 0.2) is 60.9 Å². The lowest BCUT2D eigenvalue weighted by molar-refractivity contribution is -0.138. The molecule has 0 unspecified atom stereocenters. The fourth-order valence-corrected chi connectivity index (χ4v) is 10.9. The Morgan fingerprint density at radius 3 is 1.22 bits per heavy atom. The van der Waals surface area contributed by atoms with Gasteiger partial charge < -0.3 is 29.6 Å². The molecule has 10 heteroatoms. The molecule has 4 heterocycles. The first kappa shape index (κ1) is 40.5. The molecule has 58 heavy (non-hydrogen) atoms. The summed E-state index contributed by atoms with van der Waals surface area (Å²) in [7, 11) is 0. The molecule has 4 fully saturated rings. The van der Waals surface area contributed by atoms with E-state index in [4.69, 9.17) is 9.97 Å². The summed E-state index contributed by atoms with van der Waals surface area (Å²) in [5.41, 5.74) is 6.43. The molecule has 2 N–H and O–H groups in total. The van der Waals surface area contributed by atoms with Crippen LogP contribution in [0.1, 0.15) is 128 Å². The number of nitrogens with zero attached hydrogens (tertiary/aromatic N) is 6. The van der Waals surface area contributed by atoms with Crippen LogP contribution in [-0.4, -0.2) is 103 Å². The Hall–Kier alpha value is -4.28. The lowest BCUT2D eigenvalue weighted by Gasteiger charge is -2.37. The number of aromatic nitrogens is 4. The summed E-state index contributed by atoms with van der Waals surface area (Å²) in [5, 5.41) is 0. The minimum atomic E-state index is 0.0257. The predicted molar refractivity (Wildman–Crippen MR) is 232 cm³/mol. The van der Waals surface area contributed by atoms with Crippen molar-refractivity contribution in [2.45, 2.75) is 129 Å². The quantitative estimate of drug-likeness (QED) is 0.140. The highest BCUT2D eigenvalue weighted by atomic mass is 16.2. The van der Waals surface area contributed by atoms with Gasteiger partial charge in [0, 0.05) is 37.0 Å². The Balaban J connectivity index is 0.865. The minimum Gasteiger partial charge on any atom is -0.340 e. The van der Waals surface area contributed by atoms with E-state index in [9.17, 15) is 9.59 Å². The maximum absolute atomic E-state index is 13.8. The Bertz CT molecular complexity index is 1800. The third kappa shape index (κ3) is 8.42. The number of H-pyrrole nitrogens is 2. The summed E-state index contributed by atoms with van der Waals surface area (Å²) in [6.07, 6.45) is 16.3. The zero-order chi connectivity index (χ0) is 40.2. The van der Waals surface area contributed by atoms with Crippen molar-refractivity contribution in [1.82, 2.24) is 39.5 Å². The number of imidazole rings is 2. The maximum atomic E-state index is 13.8. The second kappa shape index (κ2) is 18.3. The zero-order valence-corrected chi connectivity index (χ0v) is 35.5. The molecule has 2 aromatic heterocycles. The number of benzene rings is 2. The summed E-state index contributed by atoms with van der Waals surface area (Å²) >= 11 is 0. The van der Waals surface area contributed by atoms with Gasteiger partial charge in [0.1, 0.15) is 11.6 Å². The highest BCUT2D eigenvalue weighted by molar-refractivity contribution is 5.80. The summed E-state index contributed by atoms with van der Waals surface area (Å²) in [6.45, 7) is 15.0. The van der Waals surface area contributed by atoms with Gasteiger partial charge in [-0.3, -0.25) is 9.59 Å². The van der Waals surface area contributed by atoms with E-state index in [0.717, 1.165) is 162 Å². The van der Waals surface area contributed by atoms with Crippen molar-refractivity contribution in [3.63, 3.8) is 0 Å². The molecule has 2 aromatic carbocycles. The van der Waals surface area contributed by atoms with Crippen molar-refractivity contribution in [3.05, 3.63) is 72.6 Å². The van der Waals surface area contributed by atoms with Gasteiger partial charge >= 0.3 is 0 Å². The second-order valence-corrected chi connectivity index (χ2v) is 17.4. The van der Waals surface area contributed by atoms with E-state index in [2.05, 4.69) is 106 Å². The summed E-state index contributed by atoms with van der Waals surface area (Å²) in [4.78, 5) is 53.7. The third-order valence-electron chi connectivity index (χ3n) is 14.4. The van der Waals surface area contributed by atoms with Crippen LogP contribution in [0, 0.1) is 11.8 Å². The van der Waals surface area contributed by atoms with E-state index in [1.165, 1.54) is 0 Å². The average molecular weight is 787 g/mol. The van der Waals surface area contributed by atoms with Crippen LogP contribution in [0.3, 0.4) is 0 Å². The average Bonchev–Trinajstić information content (AvgIpc) is 4.12. The topological polar surface area (TPSA) is 104 Å². The molecule has 4 aromatic rings. The fourth-order valence-electron chi connectivity index (χ4n) is 10.9. The number of amides is 2. The maximum Gasteiger partial charge on any atom is 0.226 e. The molecule has 2 aliphatic carbocycles. The number of rotatable bonds is 13. The van der Waals surface area contributed by atoms with Crippen molar-refractivity contribution in [1.29, 1.82) is 0 Å². The third-order valence-corrected chi connectivity index (χ3v) is 14.4. The number of likely N-dealkylation sites (tertiary alicyclic amines) is 2. The molecule has 2 atom stereocenters. The molecular weight excluding hydrogens is 721 g/mol. The smallest absolute Gasteiger partial charge is 0.226 e. The number of carbonyl (C=O) groups is 2. The lowest BCUT2D eigenvalue weighted by atomic mass is 9.84. The first-order chi connectivity index (χ1) is 28.4. The number of aromatic amines is 2. The molecule has 0 radical (unpaired) electrons. The largest absolute Gasteiger partial charge is 0.340 e. The van der Waals surface area contributed by atoms with E-state index >= 15 is 0 Å². The molecule has 2 saturated carbocycles. The van der Waals surface area contributed by atoms with Crippen LogP contribution in [0.25, 0.3) is 33.6 Å². The van der Waals surface area contributed by atoms with E-state index in [1.54, 1.807) is 0 Å². The Labute approximate surface area is 346 Å². The number of hydrogen-bond acceptors (Lipinski definition) is 6. The summed E-state index contributed by atoms with van der Waals surface area (Å²) in [5.74, 6) is 2.73. The van der Waals surface area contributed by atoms with Gasteiger partial charge in [0.15, 0.2) is 0 Å². The monoisotopic (exact) mass is 787 g/mol. The highest BCUT2D eigenvalue weighted by Gasteiger charge is 2.39. The number of carbonyl (C=O) groups excluding carboxylic acids is 2. The first-order valence-electron chi connectivity index (χ1n) is 22.8. The van der Waals surface area contributed by atoms with Crippen molar-refractivity contribution in [2.24, 2.45) is 11.8 Å². The van der Waals surface area contributed by atoms with Crippen molar-refractivity contribution >= 4 is 11.8 Å². The minimum absolute atomic E-state index is 0.0257. The molecule has 2 aliphatic heterocycles. The van der Waals surface area contributed by atoms with Crippen LogP contribution >= 0.6 is 0 Å². The van der Waals surface area contributed by atoms with Gasteiger partial charge in [0.25, 0.3) is 0 Å². The van der Waals surface area contributed by atoms with Gasteiger partial charge in [-0.15, -0.1) is 0 Å². The van der Waals surface area contributed by atoms with Crippen LogP contribution in [0.5, 0.6) is 0 Å². The van der Waals surface area contributed by atoms with Gasteiger partial charge in [0.05, 0.1) is 35.9 Å². The SMILES string of the molecule is CCN(CC)C1CCC(C(=O)N2CCC[C@H]2c2ncc(-c3ccc(-c4ccc(-c5cnc([C@@H]6CCCN6C(=O)C6CCC(N(CC)CC)CC6)[nH]5)cc4)cc3)[nH]2)CC1. The summed E-state index contributed by atoms with van der Waals surface area (Å²) < 4.78 is 0. The van der Waals surface area contributed by atoms with E-state index in [-0.39, 0.29) is 23.9 Å². The van der Waals surface area contributed by atoms with Gasteiger partial charge in [-0.25, -0.2) is 9.97 Å². The number of nitrogens with one attached hydrogen (secondary N) is 2. The first-order valence-corrected chi connectivity index (χ1v) is 22.8.